The highest BCUT2D eigenvalue weighted by Gasteiger charge is 2.30. The van der Waals surface area contributed by atoms with Gasteiger partial charge < -0.3 is 9.64 Å². The highest BCUT2D eigenvalue weighted by Crippen LogP contribution is 2.19. The summed E-state index contributed by atoms with van der Waals surface area (Å²) in [5, 5.41) is -0.642. The lowest BCUT2D eigenvalue weighted by atomic mass is 10.2. The standard InChI is InChI=1S/C14H17ClN2O5S/c1-2-22-14(19)16-7-9-17(10-8-16)23(20,21)12-5-3-11(4-6-12)13(15)18/h3-6H,2,7-10H2,1H3. The number of carbonyl (C=O) groups excluding carboxylic acids is 2. The van der Waals surface area contributed by atoms with Gasteiger partial charge in [-0.3, -0.25) is 4.79 Å². The maximum Gasteiger partial charge on any atom is 0.409 e. The molecule has 1 fully saturated rings. The van der Waals surface area contributed by atoms with Crippen LogP contribution >= 0.6 is 11.6 Å². The Morgan fingerprint density at radius 2 is 1.70 bits per heavy atom. The van der Waals surface area contributed by atoms with Crippen molar-refractivity contribution in [2.45, 2.75) is 11.8 Å². The molecule has 0 spiro atoms. The fourth-order valence-corrected chi connectivity index (χ4v) is 3.78. The van der Waals surface area contributed by atoms with Crippen molar-refractivity contribution in [3.05, 3.63) is 29.8 Å². The summed E-state index contributed by atoms with van der Waals surface area (Å²) in [6, 6.07) is 5.44. The first-order chi connectivity index (χ1) is 10.9. The Kier molecular flexibility index (Phi) is 5.61. The molecular formula is C14H17ClN2O5S. The third-order valence-electron chi connectivity index (χ3n) is 3.48. The SMILES string of the molecule is CCOC(=O)N1CCN(S(=O)(=O)c2ccc(C(=O)Cl)cc2)CC1. The first kappa shape index (κ1) is 17.7. The van der Waals surface area contributed by atoms with E-state index in [-0.39, 0.29) is 43.2 Å². The number of benzene rings is 1. The van der Waals surface area contributed by atoms with Crippen LogP contribution in [0.25, 0.3) is 0 Å². The molecule has 0 bridgehead atoms. The van der Waals surface area contributed by atoms with Crippen LogP contribution in [0.4, 0.5) is 4.79 Å². The largest absolute Gasteiger partial charge is 0.450 e. The van der Waals surface area contributed by atoms with Crippen LogP contribution in [0, 0.1) is 0 Å². The minimum atomic E-state index is -3.67. The minimum absolute atomic E-state index is 0.0868. The van der Waals surface area contributed by atoms with E-state index in [9.17, 15) is 18.0 Å². The number of halogens is 1. The Balaban J connectivity index is 2.07. The van der Waals surface area contributed by atoms with Crippen LogP contribution in [0.15, 0.2) is 29.2 Å². The number of rotatable bonds is 4. The van der Waals surface area contributed by atoms with Crippen molar-refractivity contribution in [1.29, 1.82) is 0 Å². The Morgan fingerprint density at radius 1 is 1.13 bits per heavy atom. The number of hydrogen-bond acceptors (Lipinski definition) is 5. The summed E-state index contributed by atoms with van der Waals surface area (Å²) in [6.07, 6.45) is -0.436. The van der Waals surface area contributed by atoms with E-state index in [1.807, 2.05) is 0 Å². The Bertz CT molecular complexity index is 682. The molecule has 0 saturated carbocycles. The lowest BCUT2D eigenvalue weighted by Crippen LogP contribution is -2.50. The summed E-state index contributed by atoms with van der Waals surface area (Å²) in [7, 11) is -3.67. The van der Waals surface area contributed by atoms with Crippen molar-refractivity contribution in [3.63, 3.8) is 0 Å². The molecule has 7 nitrogen and oxygen atoms in total. The quantitative estimate of drug-likeness (QED) is 0.760. The zero-order chi connectivity index (χ0) is 17.0. The molecule has 0 N–H and O–H groups in total. The van der Waals surface area contributed by atoms with Gasteiger partial charge in [-0.15, -0.1) is 0 Å². The zero-order valence-electron chi connectivity index (χ0n) is 12.6. The predicted molar refractivity (Wildman–Crippen MR) is 84.0 cm³/mol. The molecule has 0 radical (unpaired) electrons. The molecule has 0 unspecified atom stereocenters. The first-order valence-electron chi connectivity index (χ1n) is 7.08. The van der Waals surface area contributed by atoms with Gasteiger partial charge in [0.2, 0.25) is 10.0 Å². The molecule has 1 aromatic carbocycles. The van der Waals surface area contributed by atoms with E-state index in [4.69, 9.17) is 16.3 Å². The number of piperazine rings is 1. The smallest absolute Gasteiger partial charge is 0.409 e. The second-order valence-electron chi connectivity index (χ2n) is 4.89. The van der Waals surface area contributed by atoms with Gasteiger partial charge in [-0.2, -0.15) is 4.31 Å². The van der Waals surface area contributed by atoms with Gasteiger partial charge in [0.05, 0.1) is 11.5 Å². The number of amides is 1. The van der Waals surface area contributed by atoms with Crippen molar-refractivity contribution >= 4 is 33.0 Å². The summed E-state index contributed by atoms with van der Waals surface area (Å²) in [5.74, 6) is 0. The summed E-state index contributed by atoms with van der Waals surface area (Å²) in [6.45, 7) is 2.93. The van der Waals surface area contributed by atoms with Gasteiger partial charge >= 0.3 is 6.09 Å². The molecule has 0 aromatic heterocycles. The molecule has 23 heavy (non-hydrogen) atoms. The van der Waals surface area contributed by atoms with Gasteiger partial charge in [-0.1, -0.05) is 0 Å². The highest BCUT2D eigenvalue weighted by atomic mass is 35.5. The number of ether oxygens (including phenoxy) is 1. The van der Waals surface area contributed by atoms with Crippen molar-refractivity contribution in [3.8, 4) is 0 Å². The fourth-order valence-electron chi connectivity index (χ4n) is 2.23. The van der Waals surface area contributed by atoms with Gasteiger partial charge in [0.15, 0.2) is 0 Å². The molecule has 0 atom stereocenters. The van der Waals surface area contributed by atoms with Crippen LogP contribution in [-0.4, -0.2) is 61.7 Å². The number of nitrogens with zero attached hydrogens (tertiary/aromatic N) is 2. The summed E-state index contributed by atoms with van der Waals surface area (Å²) in [4.78, 5) is 24.2. The lowest BCUT2D eigenvalue weighted by molar-refractivity contribution is 0.0934. The molecule has 0 aliphatic carbocycles. The van der Waals surface area contributed by atoms with Crippen molar-refractivity contribution in [2.24, 2.45) is 0 Å². The molecule has 1 heterocycles. The van der Waals surface area contributed by atoms with Crippen LogP contribution in [0.1, 0.15) is 17.3 Å². The average Bonchev–Trinajstić information content (AvgIpc) is 2.55. The van der Waals surface area contributed by atoms with Crippen LogP contribution in [-0.2, 0) is 14.8 Å². The molecule has 9 heteroatoms. The van der Waals surface area contributed by atoms with Gasteiger partial charge in [0.1, 0.15) is 0 Å². The first-order valence-corrected chi connectivity index (χ1v) is 8.90. The van der Waals surface area contributed by atoms with Gasteiger partial charge in [-0.05, 0) is 42.8 Å². The van der Waals surface area contributed by atoms with Gasteiger partial charge in [0.25, 0.3) is 5.24 Å². The Morgan fingerprint density at radius 3 is 2.17 bits per heavy atom. The molecule has 1 amide bonds. The van der Waals surface area contributed by atoms with Gasteiger partial charge in [0, 0.05) is 31.7 Å². The average molecular weight is 361 g/mol. The van der Waals surface area contributed by atoms with Gasteiger partial charge in [-0.25, -0.2) is 13.2 Å². The topological polar surface area (TPSA) is 84.0 Å². The minimum Gasteiger partial charge on any atom is -0.450 e. The number of carbonyl (C=O) groups is 2. The Labute approximate surface area is 139 Å². The third kappa shape index (κ3) is 4.01. The van der Waals surface area contributed by atoms with E-state index in [2.05, 4.69) is 0 Å². The molecule has 2 rings (SSSR count). The van der Waals surface area contributed by atoms with E-state index >= 15 is 0 Å². The lowest BCUT2D eigenvalue weighted by Gasteiger charge is -2.33. The zero-order valence-corrected chi connectivity index (χ0v) is 14.1. The number of hydrogen-bond donors (Lipinski definition) is 0. The van der Waals surface area contributed by atoms with E-state index < -0.39 is 21.4 Å². The Hall–Kier alpha value is -1.64. The van der Waals surface area contributed by atoms with Crippen molar-refractivity contribution in [1.82, 2.24) is 9.21 Å². The van der Waals surface area contributed by atoms with Crippen LogP contribution in [0.5, 0.6) is 0 Å². The fraction of sp³-hybridized carbons (Fsp3) is 0.429. The van der Waals surface area contributed by atoms with E-state index in [1.165, 1.54) is 33.5 Å². The van der Waals surface area contributed by atoms with Crippen LogP contribution < -0.4 is 0 Å². The van der Waals surface area contributed by atoms with E-state index in [0.29, 0.717) is 0 Å². The van der Waals surface area contributed by atoms with E-state index in [1.54, 1.807) is 6.92 Å². The van der Waals surface area contributed by atoms with Crippen molar-refractivity contribution < 1.29 is 22.7 Å². The maximum absolute atomic E-state index is 12.5. The summed E-state index contributed by atoms with van der Waals surface area (Å²) >= 11 is 5.34. The van der Waals surface area contributed by atoms with Crippen LogP contribution in [0.3, 0.4) is 0 Å². The summed E-state index contributed by atoms with van der Waals surface area (Å²) in [5.41, 5.74) is 0.234. The molecule has 1 aliphatic heterocycles. The molecule has 1 saturated heterocycles. The second kappa shape index (κ2) is 7.29. The summed E-state index contributed by atoms with van der Waals surface area (Å²) < 4.78 is 31.3. The highest BCUT2D eigenvalue weighted by molar-refractivity contribution is 7.89. The number of sulfonamides is 1. The second-order valence-corrected chi connectivity index (χ2v) is 7.17. The predicted octanol–water partition coefficient (Wildman–Crippen LogP) is 1.53. The third-order valence-corrected chi connectivity index (χ3v) is 5.61. The monoisotopic (exact) mass is 360 g/mol. The van der Waals surface area contributed by atoms with Crippen LogP contribution in [0.2, 0.25) is 0 Å². The van der Waals surface area contributed by atoms with Crippen molar-refractivity contribution in [2.75, 3.05) is 32.8 Å². The molecule has 1 aliphatic rings. The molecule has 1 aromatic rings. The molecular weight excluding hydrogens is 344 g/mol. The normalized spacial score (nSPS) is 16.2. The maximum atomic E-state index is 12.5. The van der Waals surface area contributed by atoms with E-state index in [0.717, 1.165) is 0 Å². The molecule has 126 valence electrons.